The van der Waals surface area contributed by atoms with Crippen LogP contribution in [0.2, 0.25) is 0 Å². The molecule has 1 aromatic rings. The van der Waals surface area contributed by atoms with Gasteiger partial charge in [-0.25, -0.2) is 12.8 Å². The maximum Gasteiger partial charge on any atom is 0.233 e. The van der Waals surface area contributed by atoms with Gasteiger partial charge in [-0.2, -0.15) is 0 Å². The molecule has 0 aromatic heterocycles. The van der Waals surface area contributed by atoms with E-state index in [1.807, 2.05) is 0 Å². The second kappa shape index (κ2) is 6.24. The predicted octanol–water partition coefficient (Wildman–Crippen LogP) is 2.45. The van der Waals surface area contributed by atoms with Gasteiger partial charge in [0.05, 0.1) is 18.6 Å². The number of halogens is 2. The molecule has 0 heterocycles. The van der Waals surface area contributed by atoms with Gasteiger partial charge < -0.3 is 4.74 Å². The minimum absolute atomic E-state index is 0.0133. The van der Waals surface area contributed by atoms with E-state index < -0.39 is 15.8 Å². The Morgan fingerprint density at radius 1 is 1.50 bits per heavy atom. The fourth-order valence-corrected chi connectivity index (χ4v) is 3.04. The number of nitrogens with one attached hydrogen (secondary N) is 1. The Morgan fingerprint density at radius 3 is 2.72 bits per heavy atom. The first-order chi connectivity index (χ1) is 8.38. The smallest absolute Gasteiger partial charge is 0.233 e. The molecule has 0 saturated carbocycles. The van der Waals surface area contributed by atoms with Crippen LogP contribution in [0, 0.1) is 11.7 Å². The Morgan fingerprint density at radius 2 is 2.17 bits per heavy atom. The maximum absolute atomic E-state index is 13.1. The van der Waals surface area contributed by atoms with Gasteiger partial charge in [-0.3, -0.25) is 4.72 Å². The van der Waals surface area contributed by atoms with Crippen LogP contribution in [-0.4, -0.2) is 27.2 Å². The third-order valence-electron chi connectivity index (χ3n) is 2.19. The minimum atomic E-state index is -3.50. The molecule has 0 spiro atoms. The fraction of sp³-hybridized carbons (Fsp3) is 0.455. The Hall–Kier alpha value is -1.01. The molecule has 1 unspecified atom stereocenters. The van der Waals surface area contributed by atoms with E-state index >= 15 is 0 Å². The van der Waals surface area contributed by atoms with Gasteiger partial charge in [-0.05, 0) is 18.1 Å². The molecule has 1 N–H and O–H groups in total. The largest absolute Gasteiger partial charge is 0.494 e. The van der Waals surface area contributed by atoms with E-state index in [1.54, 1.807) is 6.92 Å². The van der Waals surface area contributed by atoms with Crippen molar-refractivity contribution in [3.05, 3.63) is 24.0 Å². The van der Waals surface area contributed by atoms with Gasteiger partial charge in [-0.15, -0.1) is 11.6 Å². The third kappa shape index (κ3) is 4.34. The summed E-state index contributed by atoms with van der Waals surface area (Å²) in [5, 5.41) is 0. The number of anilines is 1. The summed E-state index contributed by atoms with van der Waals surface area (Å²) in [6.07, 6.45) is 0. The topological polar surface area (TPSA) is 55.4 Å². The highest BCUT2D eigenvalue weighted by Gasteiger charge is 2.16. The molecule has 0 fully saturated rings. The monoisotopic (exact) mass is 295 g/mol. The molecule has 102 valence electrons. The second-order valence-corrected chi connectivity index (χ2v) is 6.07. The van der Waals surface area contributed by atoms with E-state index in [9.17, 15) is 12.8 Å². The molecular weight excluding hydrogens is 281 g/mol. The van der Waals surface area contributed by atoms with E-state index in [4.69, 9.17) is 16.3 Å². The van der Waals surface area contributed by atoms with Crippen LogP contribution in [0.5, 0.6) is 5.75 Å². The van der Waals surface area contributed by atoms with Crippen LogP contribution in [-0.2, 0) is 10.0 Å². The highest BCUT2D eigenvalue weighted by atomic mass is 35.5. The standard InChI is InChI=1S/C11H15ClFNO3S/c1-8(6-12)7-18(15,16)14-9-3-4-10(13)11(5-9)17-2/h3-5,8,14H,6-7H2,1-2H3. The van der Waals surface area contributed by atoms with Gasteiger partial charge in [0.25, 0.3) is 0 Å². The first kappa shape index (κ1) is 15.0. The third-order valence-corrected chi connectivity index (χ3v) is 4.27. The first-order valence-corrected chi connectivity index (χ1v) is 7.46. The van der Waals surface area contributed by atoms with Gasteiger partial charge in [0.1, 0.15) is 0 Å². The highest BCUT2D eigenvalue weighted by molar-refractivity contribution is 7.92. The van der Waals surface area contributed by atoms with Crippen LogP contribution in [0.1, 0.15) is 6.92 Å². The number of alkyl halides is 1. The zero-order chi connectivity index (χ0) is 13.8. The van der Waals surface area contributed by atoms with Gasteiger partial charge in [0.2, 0.25) is 10.0 Å². The number of sulfonamides is 1. The van der Waals surface area contributed by atoms with E-state index in [-0.39, 0.29) is 29.0 Å². The zero-order valence-electron chi connectivity index (χ0n) is 10.1. The Kier molecular flexibility index (Phi) is 5.22. The number of benzene rings is 1. The second-order valence-electron chi connectivity index (χ2n) is 3.99. The number of ether oxygens (including phenoxy) is 1. The molecule has 1 rings (SSSR count). The van der Waals surface area contributed by atoms with Gasteiger partial charge in [-0.1, -0.05) is 6.92 Å². The van der Waals surface area contributed by atoms with E-state index in [0.717, 1.165) is 6.07 Å². The Labute approximate surface area is 111 Å². The lowest BCUT2D eigenvalue weighted by Crippen LogP contribution is -2.22. The lowest BCUT2D eigenvalue weighted by Gasteiger charge is -2.12. The Balaban J connectivity index is 2.84. The van der Waals surface area contributed by atoms with Crippen molar-refractivity contribution in [1.29, 1.82) is 0 Å². The molecule has 4 nitrogen and oxygen atoms in total. The fourth-order valence-electron chi connectivity index (χ4n) is 1.36. The van der Waals surface area contributed by atoms with E-state index in [0.29, 0.717) is 0 Å². The summed E-state index contributed by atoms with van der Waals surface area (Å²) in [4.78, 5) is 0. The summed E-state index contributed by atoms with van der Waals surface area (Å²) in [6, 6.07) is 3.76. The van der Waals surface area contributed by atoms with Crippen molar-refractivity contribution in [3.63, 3.8) is 0 Å². The van der Waals surface area contributed by atoms with Crippen molar-refractivity contribution in [2.75, 3.05) is 23.5 Å². The average Bonchev–Trinajstić information content (AvgIpc) is 2.30. The molecule has 7 heteroatoms. The predicted molar refractivity (Wildman–Crippen MR) is 70.2 cm³/mol. The SMILES string of the molecule is COc1cc(NS(=O)(=O)CC(C)CCl)ccc1F. The quantitative estimate of drug-likeness (QED) is 0.820. The van der Waals surface area contributed by atoms with Gasteiger partial charge in [0.15, 0.2) is 11.6 Å². The molecule has 0 amide bonds. The van der Waals surface area contributed by atoms with Crippen LogP contribution < -0.4 is 9.46 Å². The van der Waals surface area contributed by atoms with Crippen molar-refractivity contribution in [1.82, 2.24) is 0 Å². The lowest BCUT2D eigenvalue weighted by atomic mass is 10.3. The van der Waals surface area contributed by atoms with Crippen LogP contribution in [0.4, 0.5) is 10.1 Å². The van der Waals surface area contributed by atoms with Gasteiger partial charge >= 0.3 is 0 Å². The van der Waals surface area contributed by atoms with E-state index in [1.165, 1.54) is 19.2 Å². The summed E-state index contributed by atoms with van der Waals surface area (Å²) < 4.78 is 43.8. The van der Waals surface area contributed by atoms with Crippen molar-refractivity contribution in [2.45, 2.75) is 6.92 Å². The van der Waals surface area contributed by atoms with E-state index in [2.05, 4.69) is 4.72 Å². The molecular formula is C11H15ClFNO3S. The van der Waals surface area contributed by atoms with Crippen molar-refractivity contribution >= 4 is 27.3 Å². The molecule has 0 radical (unpaired) electrons. The Bertz CT molecular complexity index is 507. The first-order valence-electron chi connectivity index (χ1n) is 5.28. The molecule has 0 aliphatic carbocycles. The van der Waals surface area contributed by atoms with Crippen LogP contribution in [0.3, 0.4) is 0 Å². The van der Waals surface area contributed by atoms with Crippen molar-refractivity contribution in [2.24, 2.45) is 5.92 Å². The number of rotatable bonds is 6. The van der Waals surface area contributed by atoms with Crippen LogP contribution in [0.25, 0.3) is 0 Å². The normalized spacial score (nSPS) is 13.1. The summed E-state index contributed by atoms with van der Waals surface area (Å²) in [6.45, 7) is 1.73. The minimum Gasteiger partial charge on any atom is -0.494 e. The summed E-state index contributed by atoms with van der Waals surface area (Å²) in [5.41, 5.74) is 0.259. The molecule has 0 saturated heterocycles. The molecule has 0 aliphatic heterocycles. The van der Waals surface area contributed by atoms with Crippen LogP contribution >= 0.6 is 11.6 Å². The number of hydrogen-bond donors (Lipinski definition) is 1. The van der Waals surface area contributed by atoms with Crippen molar-refractivity contribution in [3.8, 4) is 5.75 Å². The molecule has 18 heavy (non-hydrogen) atoms. The summed E-state index contributed by atoms with van der Waals surface area (Å²) in [5.74, 6) is -0.550. The number of methoxy groups -OCH3 is 1. The summed E-state index contributed by atoms with van der Waals surface area (Å²) in [7, 11) is -2.18. The average molecular weight is 296 g/mol. The highest BCUT2D eigenvalue weighted by Crippen LogP contribution is 2.22. The molecule has 1 aromatic carbocycles. The molecule has 0 aliphatic rings. The molecule has 0 bridgehead atoms. The lowest BCUT2D eigenvalue weighted by molar-refractivity contribution is 0.387. The number of hydrogen-bond acceptors (Lipinski definition) is 3. The van der Waals surface area contributed by atoms with Crippen LogP contribution in [0.15, 0.2) is 18.2 Å². The van der Waals surface area contributed by atoms with Crippen molar-refractivity contribution < 1.29 is 17.5 Å². The molecule has 1 atom stereocenters. The maximum atomic E-state index is 13.1. The van der Waals surface area contributed by atoms with Gasteiger partial charge in [0, 0.05) is 11.9 Å². The zero-order valence-corrected chi connectivity index (χ0v) is 11.7. The summed E-state index contributed by atoms with van der Waals surface area (Å²) >= 11 is 5.57.